The third-order valence-electron chi connectivity index (χ3n) is 14.2. The van der Waals surface area contributed by atoms with Gasteiger partial charge in [-0.15, -0.1) is 12.4 Å². The van der Waals surface area contributed by atoms with Crippen LogP contribution in [-0.2, 0) is 25.7 Å². The molecule has 10 rings (SSSR count). The Morgan fingerprint density at radius 2 is 0.679 bits per heavy atom. The van der Waals surface area contributed by atoms with Gasteiger partial charge in [0.2, 0.25) is 35.7 Å². The maximum atomic E-state index is 7.40. The van der Waals surface area contributed by atoms with Crippen molar-refractivity contribution in [3.8, 4) is 0 Å². The average molecular weight is 1110 g/mol. The van der Waals surface area contributed by atoms with E-state index in [1.54, 1.807) is 0 Å². The number of aromatic amines is 4. The lowest BCUT2D eigenvalue weighted by atomic mass is 10.1. The van der Waals surface area contributed by atoms with E-state index in [0.29, 0.717) is 61.7 Å². The number of hydrogen-bond acceptors (Lipinski definition) is 14. The number of anilines is 6. The summed E-state index contributed by atoms with van der Waals surface area (Å²) in [6.07, 6.45) is 19.0. The number of nitrogens with zero attached hydrogens (tertiary/aromatic N) is 7. The minimum atomic E-state index is 0. The van der Waals surface area contributed by atoms with Gasteiger partial charge in [0, 0.05) is 114 Å². The molecule has 6 heterocycles. The zero-order valence-electron chi connectivity index (χ0n) is 46.8. The van der Waals surface area contributed by atoms with Gasteiger partial charge >= 0.3 is 0 Å². The van der Waals surface area contributed by atoms with Gasteiger partial charge in [-0.1, -0.05) is 99.5 Å². The highest BCUT2D eigenvalue weighted by Crippen LogP contribution is 2.23. The zero-order chi connectivity index (χ0) is 55.1. The fourth-order valence-electron chi connectivity index (χ4n) is 9.90. The quantitative estimate of drug-likeness (QED) is 0.0106. The molecule has 13 N–H and O–H groups in total. The van der Waals surface area contributed by atoms with Crippen molar-refractivity contribution < 1.29 is 0 Å². The molecule has 0 aliphatic carbocycles. The normalized spacial score (nSPS) is 11.2. The van der Waals surface area contributed by atoms with Crippen molar-refractivity contribution in [1.82, 2.24) is 54.7 Å². The number of amidine groups is 1. The number of benzene rings is 4. The molecule has 0 radical (unpaired) electrons. The summed E-state index contributed by atoms with van der Waals surface area (Å²) in [6.45, 7) is 12.2. The van der Waals surface area contributed by atoms with Crippen LogP contribution < -0.4 is 37.6 Å². The third-order valence-corrected chi connectivity index (χ3v) is 14.2. The Morgan fingerprint density at radius 3 is 0.975 bits per heavy atom. The van der Waals surface area contributed by atoms with Crippen LogP contribution >= 0.6 is 12.4 Å². The molecule has 0 atom stereocenters. The first-order valence-corrected chi connectivity index (χ1v) is 28.6. The largest absolute Gasteiger partial charge is 0.388 e. The molecule has 4 aromatic carbocycles. The second-order valence-corrected chi connectivity index (χ2v) is 20.1. The first-order chi connectivity index (χ1) is 39.4. The smallest absolute Gasteiger partial charge is 0.229 e. The molecule has 0 aliphatic rings. The molecule has 0 unspecified atom stereocenters. The van der Waals surface area contributed by atoms with E-state index in [1.165, 1.54) is 82.6 Å². The van der Waals surface area contributed by atoms with E-state index in [0.717, 1.165) is 86.8 Å². The van der Waals surface area contributed by atoms with E-state index in [-0.39, 0.29) is 18.2 Å². The van der Waals surface area contributed by atoms with Gasteiger partial charge in [-0.2, -0.15) is 29.9 Å². The number of para-hydroxylation sites is 4. The van der Waals surface area contributed by atoms with E-state index < -0.39 is 0 Å². The predicted molar refractivity (Wildman–Crippen MR) is 338 cm³/mol. The topological polar surface area (TPSA) is 266 Å². The van der Waals surface area contributed by atoms with Crippen LogP contribution in [0.2, 0.25) is 0 Å². The maximum Gasteiger partial charge on any atom is 0.229 e. The highest BCUT2D eigenvalue weighted by molar-refractivity contribution is 5.86. The number of rotatable bonds is 32. The van der Waals surface area contributed by atoms with Crippen LogP contribution in [0.5, 0.6) is 0 Å². The van der Waals surface area contributed by atoms with E-state index >= 15 is 0 Å². The lowest BCUT2D eigenvalue weighted by molar-refractivity contribution is 0.264. The molecule has 0 saturated carbocycles. The molecule has 20 heteroatoms. The van der Waals surface area contributed by atoms with E-state index in [9.17, 15) is 0 Å². The van der Waals surface area contributed by atoms with Crippen molar-refractivity contribution >= 4 is 97.5 Å². The van der Waals surface area contributed by atoms with Crippen molar-refractivity contribution in [2.24, 2.45) is 5.73 Å². The van der Waals surface area contributed by atoms with Crippen LogP contribution in [0.15, 0.2) is 122 Å². The van der Waals surface area contributed by atoms with Gasteiger partial charge in [0.1, 0.15) is 0 Å². The predicted octanol–water partition coefficient (Wildman–Crippen LogP) is 11.5. The van der Waals surface area contributed by atoms with Gasteiger partial charge in [0.05, 0.1) is 5.84 Å². The van der Waals surface area contributed by atoms with Crippen LogP contribution in [0.3, 0.4) is 0 Å². The molecule has 0 fully saturated rings. The SMILES string of the molecule is CCCCN(CCCC)CCCNc1nc(NCCc2c[nH]c3ccccc23)nc(NCCc2c[nH]c3ccccc23)n1.Cl.N=C(N)CCCNc1nc(NCCc2c[nH]c3ccccc23)nc(NCCc2c[nH]c3ccccc23)n1. The fraction of sp³-hybridized carbons (Fsp3) is 0.361. The molecule has 19 nitrogen and oxygen atoms in total. The van der Waals surface area contributed by atoms with Crippen LogP contribution in [0.1, 0.15) is 81.0 Å². The minimum Gasteiger partial charge on any atom is -0.388 e. The molecule has 0 aliphatic heterocycles. The highest BCUT2D eigenvalue weighted by Gasteiger charge is 2.13. The third kappa shape index (κ3) is 17.3. The first-order valence-electron chi connectivity index (χ1n) is 28.6. The first kappa shape index (κ1) is 58.7. The van der Waals surface area contributed by atoms with Gasteiger partial charge in [-0.25, -0.2) is 0 Å². The number of nitrogens with one attached hydrogen (secondary N) is 11. The van der Waals surface area contributed by atoms with Gasteiger partial charge in [-0.3, -0.25) is 5.41 Å². The second kappa shape index (κ2) is 30.8. The van der Waals surface area contributed by atoms with Crippen molar-refractivity contribution in [1.29, 1.82) is 5.41 Å². The van der Waals surface area contributed by atoms with Crippen LogP contribution in [0.4, 0.5) is 35.7 Å². The van der Waals surface area contributed by atoms with Crippen LogP contribution in [0.25, 0.3) is 43.6 Å². The zero-order valence-corrected chi connectivity index (χ0v) is 47.6. The molecule has 0 spiro atoms. The molecule has 81 heavy (non-hydrogen) atoms. The van der Waals surface area contributed by atoms with Crippen molar-refractivity contribution in [2.75, 3.05) is 90.8 Å². The second-order valence-electron chi connectivity index (χ2n) is 20.1. The van der Waals surface area contributed by atoms with E-state index in [2.05, 4.69) is 195 Å². The monoisotopic (exact) mass is 1110 g/mol. The molecule has 426 valence electrons. The number of aromatic nitrogens is 10. The lowest BCUT2D eigenvalue weighted by Crippen LogP contribution is -2.28. The Hall–Kier alpha value is -8.42. The number of unbranched alkanes of at least 4 members (excludes halogenated alkanes) is 2. The highest BCUT2D eigenvalue weighted by atomic mass is 35.5. The van der Waals surface area contributed by atoms with Crippen LogP contribution in [-0.4, -0.2) is 119 Å². The molecule has 6 aromatic heterocycles. The van der Waals surface area contributed by atoms with Gasteiger partial charge in [-0.05, 0) is 118 Å². The molecular weight excluding hydrogens is 1030 g/mol. The fourth-order valence-corrected chi connectivity index (χ4v) is 9.90. The number of hydrogen-bond donors (Lipinski definition) is 12. The minimum absolute atomic E-state index is 0. The van der Waals surface area contributed by atoms with Crippen LogP contribution in [0, 0.1) is 5.41 Å². The average Bonchev–Trinajstić information content (AvgIpc) is 4.31. The standard InChI is InChI=1S/C34H47N9.C27H32N10.ClH/c1-3-5-21-43(22-6-4-2)23-11-18-35-32-40-33(36-19-16-26-24-38-30-14-9-7-12-28(26)30)42-34(41-32)37-20-17-27-25-39-31-15-10-8-13-29(27)31;28-24(29)10-5-13-30-25-35-26(31-14-11-18-16-33-22-8-3-1-6-20(18)22)37-27(36-25)32-15-12-19-17-34-23-9-4-2-7-21(19)23;/h7-10,12-15,24-25,38-39H,3-6,11,16-23H2,1-2H3,(H3,35,36,37,40,41,42);1-4,6-9,16-17,33-34H,5,10-15H2,(H3,28,29)(H3,30,31,32,35,36,37);1H. The number of fused-ring (bicyclic) bond motifs is 4. The summed E-state index contributed by atoms with van der Waals surface area (Å²) in [5.41, 5.74) is 15.1. The van der Waals surface area contributed by atoms with E-state index in [4.69, 9.17) is 26.1 Å². The van der Waals surface area contributed by atoms with Crippen molar-refractivity contribution in [3.05, 3.63) is 144 Å². The lowest BCUT2D eigenvalue weighted by Gasteiger charge is -2.22. The van der Waals surface area contributed by atoms with Gasteiger partial charge in [0.15, 0.2) is 0 Å². The summed E-state index contributed by atoms with van der Waals surface area (Å²) in [6, 6.07) is 33.4. The number of nitrogens with two attached hydrogens (primary N) is 1. The van der Waals surface area contributed by atoms with Gasteiger partial charge < -0.3 is 62.5 Å². The summed E-state index contributed by atoms with van der Waals surface area (Å²) in [7, 11) is 0. The molecule has 0 bridgehead atoms. The van der Waals surface area contributed by atoms with Crippen molar-refractivity contribution in [3.63, 3.8) is 0 Å². The Morgan fingerprint density at radius 1 is 0.407 bits per heavy atom. The Bertz CT molecular complexity index is 3290. The Kier molecular flexibility index (Phi) is 22.3. The molecule has 0 amide bonds. The van der Waals surface area contributed by atoms with Gasteiger partial charge in [0.25, 0.3) is 0 Å². The Balaban J connectivity index is 0.000000212. The summed E-state index contributed by atoms with van der Waals surface area (Å²) in [4.78, 5) is 43.8. The number of H-pyrrole nitrogens is 4. The summed E-state index contributed by atoms with van der Waals surface area (Å²) in [5, 5.41) is 32.7. The number of halogens is 1. The molecule has 0 saturated heterocycles. The molecule has 10 aromatic rings. The molecular formula is C61H80ClN19. The summed E-state index contributed by atoms with van der Waals surface area (Å²) < 4.78 is 0. The maximum absolute atomic E-state index is 7.40. The summed E-state index contributed by atoms with van der Waals surface area (Å²) >= 11 is 0. The summed E-state index contributed by atoms with van der Waals surface area (Å²) in [5.74, 6) is 3.46. The van der Waals surface area contributed by atoms with Crippen molar-refractivity contribution in [2.45, 2.75) is 84.5 Å². The Labute approximate surface area is 480 Å². The van der Waals surface area contributed by atoms with E-state index in [1.807, 2.05) is 12.1 Å².